The number of aromatic amines is 1. The zero-order chi connectivity index (χ0) is 13.9. The minimum Gasteiger partial charge on any atom is -0.467 e. The molecule has 0 saturated carbocycles. The van der Waals surface area contributed by atoms with E-state index in [0.717, 1.165) is 0 Å². The lowest BCUT2D eigenvalue weighted by Gasteiger charge is -2.10. The van der Waals surface area contributed by atoms with Gasteiger partial charge in [0.15, 0.2) is 5.69 Å². The number of amides is 1. The molecule has 1 rings (SSSR count). The second kappa shape index (κ2) is 5.52. The van der Waals surface area contributed by atoms with E-state index in [1.807, 2.05) is 13.8 Å². The molecular weight excluding hydrogens is 236 g/mol. The highest BCUT2D eigenvalue weighted by Crippen LogP contribution is 2.21. The van der Waals surface area contributed by atoms with Crippen LogP contribution in [-0.4, -0.2) is 35.2 Å². The maximum atomic E-state index is 11.9. The Morgan fingerprint density at radius 2 is 2.00 bits per heavy atom. The second-order valence-electron chi connectivity index (χ2n) is 4.27. The van der Waals surface area contributed by atoms with E-state index in [0.29, 0.717) is 11.4 Å². The van der Waals surface area contributed by atoms with Gasteiger partial charge in [-0.25, -0.2) is 4.79 Å². The van der Waals surface area contributed by atoms with Gasteiger partial charge in [0.25, 0.3) is 5.91 Å². The van der Waals surface area contributed by atoms with Crippen LogP contribution in [-0.2, 0) is 9.53 Å². The lowest BCUT2D eigenvalue weighted by molar-refractivity contribution is -0.142. The average molecular weight is 254 g/mol. The first-order valence-corrected chi connectivity index (χ1v) is 5.60. The van der Waals surface area contributed by atoms with Crippen LogP contribution in [0, 0.1) is 0 Å². The van der Waals surface area contributed by atoms with Crippen LogP contribution in [0.3, 0.4) is 0 Å². The quantitative estimate of drug-likeness (QED) is 0.674. The maximum absolute atomic E-state index is 11.9. The van der Waals surface area contributed by atoms with Gasteiger partial charge >= 0.3 is 5.97 Å². The van der Waals surface area contributed by atoms with Gasteiger partial charge in [0.2, 0.25) is 0 Å². The summed E-state index contributed by atoms with van der Waals surface area (Å²) in [7, 11) is 1.25. The SMILES string of the molecule is COC(=O)C(C)NC(=O)c1n[nH]c(C(C)C)c1N. The van der Waals surface area contributed by atoms with Crippen molar-refractivity contribution in [1.29, 1.82) is 0 Å². The molecule has 7 nitrogen and oxygen atoms in total. The number of esters is 1. The fourth-order valence-corrected chi connectivity index (χ4v) is 1.48. The fourth-order valence-electron chi connectivity index (χ4n) is 1.48. The van der Waals surface area contributed by atoms with Crippen molar-refractivity contribution >= 4 is 17.6 Å². The standard InChI is InChI=1S/C11H18N4O3/c1-5(2)8-7(12)9(15-14-8)10(16)13-6(3)11(17)18-4/h5-6H,12H2,1-4H3,(H,13,16)(H,14,15). The summed E-state index contributed by atoms with van der Waals surface area (Å²) in [5.74, 6) is -0.896. The Labute approximate surface area is 105 Å². The van der Waals surface area contributed by atoms with Gasteiger partial charge < -0.3 is 15.8 Å². The molecule has 7 heteroatoms. The number of nitrogens with one attached hydrogen (secondary N) is 2. The van der Waals surface area contributed by atoms with Crippen LogP contribution >= 0.6 is 0 Å². The number of H-pyrrole nitrogens is 1. The van der Waals surface area contributed by atoms with Crippen LogP contribution in [0.5, 0.6) is 0 Å². The van der Waals surface area contributed by atoms with Gasteiger partial charge in [-0.3, -0.25) is 9.89 Å². The monoisotopic (exact) mass is 254 g/mol. The van der Waals surface area contributed by atoms with Crippen molar-refractivity contribution in [2.75, 3.05) is 12.8 Å². The molecule has 1 aromatic heterocycles. The molecule has 0 aliphatic heterocycles. The van der Waals surface area contributed by atoms with Crippen molar-refractivity contribution in [3.63, 3.8) is 0 Å². The van der Waals surface area contributed by atoms with E-state index in [2.05, 4.69) is 20.3 Å². The summed E-state index contributed by atoms with van der Waals surface area (Å²) in [5, 5.41) is 9.04. The summed E-state index contributed by atoms with van der Waals surface area (Å²) in [5.41, 5.74) is 6.92. The molecule has 0 bridgehead atoms. The summed E-state index contributed by atoms with van der Waals surface area (Å²) in [6, 6.07) is -0.749. The van der Waals surface area contributed by atoms with Gasteiger partial charge in [0.05, 0.1) is 18.5 Å². The zero-order valence-corrected chi connectivity index (χ0v) is 10.9. The molecule has 0 radical (unpaired) electrons. The Bertz CT molecular complexity index is 453. The molecule has 1 atom stereocenters. The molecule has 1 aromatic rings. The number of carbonyl (C=O) groups is 2. The van der Waals surface area contributed by atoms with Crippen molar-refractivity contribution in [1.82, 2.24) is 15.5 Å². The molecule has 0 aliphatic carbocycles. The van der Waals surface area contributed by atoms with Gasteiger partial charge in [0, 0.05) is 0 Å². The largest absolute Gasteiger partial charge is 0.467 e. The lowest BCUT2D eigenvalue weighted by Crippen LogP contribution is -2.39. The van der Waals surface area contributed by atoms with Crippen LogP contribution in [0.1, 0.15) is 42.9 Å². The number of nitrogen functional groups attached to an aromatic ring is 1. The first-order valence-electron chi connectivity index (χ1n) is 5.60. The van der Waals surface area contributed by atoms with E-state index in [1.165, 1.54) is 14.0 Å². The van der Waals surface area contributed by atoms with E-state index >= 15 is 0 Å². The summed E-state index contributed by atoms with van der Waals surface area (Å²) in [4.78, 5) is 23.0. The van der Waals surface area contributed by atoms with E-state index in [9.17, 15) is 9.59 Å². The molecule has 0 saturated heterocycles. The Morgan fingerprint density at radius 3 is 2.44 bits per heavy atom. The van der Waals surface area contributed by atoms with Crippen molar-refractivity contribution < 1.29 is 14.3 Å². The summed E-state index contributed by atoms with van der Waals surface area (Å²) in [6.07, 6.45) is 0. The van der Waals surface area contributed by atoms with E-state index in [-0.39, 0.29) is 11.6 Å². The molecule has 0 fully saturated rings. The fraction of sp³-hybridized carbons (Fsp3) is 0.545. The topological polar surface area (TPSA) is 110 Å². The minimum absolute atomic E-state index is 0.0921. The van der Waals surface area contributed by atoms with Gasteiger partial charge in [-0.1, -0.05) is 13.8 Å². The molecule has 1 heterocycles. The number of nitrogens with zero attached hydrogens (tertiary/aromatic N) is 1. The van der Waals surface area contributed by atoms with Crippen LogP contribution in [0.15, 0.2) is 0 Å². The van der Waals surface area contributed by atoms with Crippen molar-refractivity contribution in [2.24, 2.45) is 0 Å². The zero-order valence-electron chi connectivity index (χ0n) is 10.9. The molecule has 0 spiro atoms. The van der Waals surface area contributed by atoms with Crippen LogP contribution in [0.2, 0.25) is 0 Å². The number of ether oxygens (including phenoxy) is 1. The number of anilines is 1. The Morgan fingerprint density at radius 1 is 1.39 bits per heavy atom. The highest BCUT2D eigenvalue weighted by molar-refractivity contribution is 5.99. The van der Waals surface area contributed by atoms with Crippen molar-refractivity contribution in [3.05, 3.63) is 11.4 Å². The Kier molecular flexibility index (Phi) is 4.30. The van der Waals surface area contributed by atoms with Gasteiger partial charge in [-0.2, -0.15) is 5.10 Å². The average Bonchev–Trinajstić information content (AvgIpc) is 2.69. The van der Waals surface area contributed by atoms with Crippen LogP contribution < -0.4 is 11.1 Å². The number of aromatic nitrogens is 2. The number of rotatable bonds is 4. The molecule has 0 aromatic carbocycles. The summed E-state index contributed by atoms with van der Waals surface area (Å²) < 4.78 is 4.51. The number of hydrogen-bond acceptors (Lipinski definition) is 5. The number of hydrogen-bond donors (Lipinski definition) is 3. The van der Waals surface area contributed by atoms with Gasteiger partial charge in [-0.15, -0.1) is 0 Å². The first-order chi connectivity index (χ1) is 8.38. The van der Waals surface area contributed by atoms with Gasteiger partial charge in [0.1, 0.15) is 6.04 Å². The van der Waals surface area contributed by atoms with Crippen LogP contribution in [0.4, 0.5) is 5.69 Å². The highest BCUT2D eigenvalue weighted by atomic mass is 16.5. The van der Waals surface area contributed by atoms with E-state index < -0.39 is 17.9 Å². The van der Waals surface area contributed by atoms with Crippen molar-refractivity contribution in [2.45, 2.75) is 32.7 Å². The van der Waals surface area contributed by atoms with E-state index in [1.54, 1.807) is 0 Å². The Balaban J connectivity index is 2.82. The molecular formula is C11H18N4O3. The molecule has 1 unspecified atom stereocenters. The molecule has 4 N–H and O–H groups in total. The summed E-state index contributed by atoms with van der Waals surface area (Å²) >= 11 is 0. The Hall–Kier alpha value is -2.05. The smallest absolute Gasteiger partial charge is 0.328 e. The van der Waals surface area contributed by atoms with E-state index in [4.69, 9.17) is 5.73 Å². The minimum atomic E-state index is -0.749. The molecule has 1 amide bonds. The highest BCUT2D eigenvalue weighted by Gasteiger charge is 2.22. The number of nitrogens with two attached hydrogens (primary N) is 1. The maximum Gasteiger partial charge on any atom is 0.328 e. The molecule has 100 valence electrons. The van der Waals surface area contributed by atoms with Crippen molar-refractivity contribution in [3.8, 4) is 0 Å². The third kappa shape index (κ3) is 2.79. The number of carbonyl (C=O) groups excluding carboxylic acids is 2. The third-order valence-electron chi connectivity index (χ3n) is 2.53. The second-order valence-corrected chi connectivity index (χ2v) is 4.27. The predicted octanol–water partition coefficient (Wildman–Crippen LogP) is 0.407. The number of methoxy groups -OCH3 is 1. The first kappa shape index (κ1) is 14.0. The predicted molar refractivity (Wildman–Crippen MR) is 66.0 cm³/mol. The lowest BCUT2D eigenvalue weighted by atomic mass is 10.1. The van der Waals surface area contributed by atoms with Gasteiger partial charge in [-0.05, 0) is 12.8 Å². The molecule has 18 heavy (non-hydrogen) atoms. The summed E-state index contributed by atoms with van der Waals surface area (Å²) in [6.45, 7) is 5.39. The molecule has 0 aliphatic rings. The normalized spacial score (nSPS) is 12.3. The third-order valence-corrected chi connectivity index (χ3v) is 2.53. The van der Waals surface area contributed by atoms with Crippen LogP contribution in [0.25, 0.3) is 0 Å².